The summed E-state index contributed by atoms with van der Waals surface area (Å²) < 4.78 is 3.00. The summed E-state index contributed by atoms with van der Waals surface area (Å²) in [5.74, 6) is 1.18. The fourth-order valence-electron chi connectivity index (χ4n) is 2.33. The molecule has 1 aliphatic rings. The SMILES string of the molecule is O=C(CN1CCn2ccnc2C1)c1ccccc1Br. The lowest BCUT2D eigenvalue weighted by Gasteiger charge is -2.26. The van der Waals surface area contributed by atoms with E-state index >= 15 is 0 Å². The van der Waals surface area contributed by atoms with Gasteiger partial charge >= 0.3 is 0 Å². The molecule has 1 aliphatic heterocycles. The van der Waals surface area contributed by atoms with Crippen LogP contribution in [0.25, 0.3) is 0 Å². The third kappa shape index (κ3) is 2.62. The first-order valence-corrected chi connectivity index (χ1v) is 7.03. The summed E-state index contributed by atoms with van der Waals surface area (Å²) in [6.45, 7) is 2.97. The molecule has 5 heteroatoms. The van der Waals surface area contributed by atoms with Crippen LogP contribution in [-0.4, -0.2) is 33.3 Å². The van der Waals surface area contributed by atoms with Crippen LogP contribution in [0.2, 0.25) is 0 Å². The van der Waals surface area contributed by atoms with E-state index in [0.29, 0.717) is 6.54 Å². The molecule has 1 aromatic heterocycles. The molecular weight excluding hydrogens is 306 g/mol. The second kappa shape index (κ2) is 5.27. The number of halogens is 1. The molecule has 0 saturated heterocycles. The molecule has 0 radical (unpaired) electrons. The van der Waals surface area contributed by atoms with Gasteiger partial charge in [-0.05, 0) is 6.07 Å². The number of Topliss-reactive ketones (excluding diaryl/α,β-unsaturated/α-hetero) is 1. The minimum absolute atomic E-state index is 0.146. The molecule has 0 amide bonds. The molecular formula is C14H14BrN3O. The van der Waals surface area contributed by atoms with Crippen molar-refractivity contribution in [3.63, 3.8) is 0 Å². The van der Waals surface area contributed by atoms with Gasteiger partial charge in [-0.2, -0.15) is 0 Å². The molecule has 1 aromatic carbocycles. The van der Waals surface area contributed by atoms with Crippen LogP contribution in [0.3, 0.4) is 0 Å². The van der Waals surface area contributed by atoms with E-state index in [1.165, 1.54) is 0 Å². The van der Waals surface area contributed by atoms with Gasteiger partial charge in [0.1, 0.15) is 5.82 Å². The summed E-state index contributed by atoms with van der Waals surface area (Å²) in [7, 11) is 0. The maximum Gasteiger partial charge on any atom is 0.177 e. The zero-order valence-corrected chi connectivity index (χ0v) is 12.0. The van der Waals surface area contributed by atoms with Gasteiger partial charge in [0.15, 0.2) is 5.78 Å². The van der Waals surface area contributed by atoms with Crippen molar-refractivity contribution in [2.45, 2.75) is 13.1 Å². The van der Waals surface area contributed by atoms with Gasteiger partial charge < -0.3 is 4.57 Å². The van der Waals surface area contributed by atoms with Crippen molar-refractivity contribution in [1.82, 2.24) is 14.5 Å². The summed E-state index contributed by atoms with van der Waals surface area (Å²) in [6.07, 6.45) is 3.80. The fourth-order valence-corrected chi connectivity index (χ4v) is 2.84. The maximum atomic E-state index is 12.3. The third-order valence-electron chi connectivity index (χ3n) is 3.37. The Kier molecular flexibility index (Phi) is 3.48. The van der Waals surface area contributed by atoms with Gasteiger partial charge in [0.05, 0.1) is 13.1 Å². The Morgan fingerprint density at radius 1 is 1.32 bits per heavy atom. The molecule has 0 bridgehead atoms. The van der Waals surface area contributed by atoms with Crippen molar-refractivity contribution < 1.29 is 4.79 Å². The molecule has 98 valence electrons. The van der Waals surface area contributed by atoms with Crippen molar-refractivity contribution in [3.05, 3.63) is 52.5 Å². The van der Waals surface area contributed by atoms with Gasteiger partial charge in [0.25, 0.3) is 0 Å². The zero-order valence-electron chi connectivity index (χ0n) is 10.4. The van der Waals surface area contributed by atoms with E-state index in [1.807, 2.05) is 36.7 Å². The van der Waals surface area contributed by atoms with E-state index in [-0.39, 0.29) is 5.78 Å². The van der Waals surface area contributed by atoms with Gasteiger partial charge in [0, 0.05) is 35.5 Å². The zero-order chi connectivity index (χ0) is 13.2. The Morgan fingerprint density at radius 2 is 2.16 bits per heavy atom. The number of aromatic nitrogens is 2. The average Bonchev–Trinajstić information content (AvgIpc) is 2.86. The van der Waals surface area contributed by atoms with Crippen LogP contribution in [-0.2, 0) is 13.1 Å². The first-order valence-electron chi connectivity index (χ1n) is 6.24. The normalized spacial score (nSPS) is 15.2. The van der Waals surface area contributed by atoms with E-state index in [2.05, 4.69) is 30.4 Å². The van der Waals surface area contributed by atoms with E-state index in [4.69, 9.17) is 0 Å². The van der Waals surface area contributed by atoms with Crippen LogP contribution in [0.1, 0.15) is 16.2 Å². The standard InChI is InChI=1S/C14H14BrN3O/c15-12-4-2-1-3-11(12)13(19)9-17-7-8-18-6-5-16-14(18)10-17/h1-6H,7-10H2. The van der Waals surface area contributed by atoms with Crippen molar-refractivity contribution in [2.24, 2.45) is 0 Å². The highest BCUT2D eigenvalue weighted by molar-refractivity contribution is 9.10. The van der Waals surface area contributed by atoms with E-state index in [9.17, 15) is 4.79 Å². The van der Waals surface area contributed by atoms with Gasteiger partial charge in [0.2, 0.25) is 0 Å². The number of carbonyl (C=O) groups is 1. The van der Waals surface area contributed by atoms with Crippen LogP contribution in [0.4, 0.5) is 0 Å². The Balaban J connectivity index is 1.70. The predicted octanol–water partition coefficient (Wildman–Crippen LogP) is 2.34. The molecule has 2 aromatic rings. The molecule has 2 heterocycles. The van der Waals surface area contributed by atoms with Crippen molar-refractivity contribution >= 4 is 21.7 Å². The van der Waals surface area contributed by atoms with E-state index in [0.717, 1.165) is 35.5 Å². The van der Waals surface area contributed by atoms with Crippen LogP contribution in [0.15, 0.2) is 41.1 Å². The summed E-state index contributed by atoms with van der Waals surface area (Å²) in [5.41, 5.74) is 0.747. The number of imidazole rings is 1. The minimum atomic E-state index is 0.146. The van der Waals surface area contributed by atoms with Gasteiger partial charge in [-0.25, -0.2) is 4.98 Å². The summed E-state index contributed by atoms with van der Waals surface area (Å²) in [6, 6.07) is 7.56. The molecule has 0 unspecified atom stereocenters. The number of ketones is 1. The highest BCUT2D eigenvalue weighted by Crippen LogP contribution is 2.18. The van der Waals surface area contributed by atoms with Crippen LogP contribution >= 0.6 is 15.9 Å². The van der Waals surface area contributed by atoms with Gasteiger partial charge in [-0.3, -0.25) is 9.69 Å². The number of fused-ring (bicyclic) bond motifs is 1. The topological polar surface area (TPSA) is 38.1 Å². The van der Waals surface area contributed by atoms with Crippen molar-refractivity contribution in [1.29, 1.82) is 0 Å². The maximum absolute atomic E-state index is 12.3. The Hall–Kier alpha value is -1.46. The lowest BCUT2D eigenvalue weighted by molar-refractivity contribution is 0.0907. The van der Waals surface area contributed by atoms with Crippen molar-refractivity contribution in [3.8, 4) is 0 Å². The third-order valence-corrected chi connectivity index (χ3v) is 4.06. The second-order valence-electron chi connectivity index (χ2n) is 4.65. The fraction of sp³-hybridized carbons (Fsp3) is 0.286. The highest BCUT2D eigenvalue weighted by Gasteiger charge is 2.20. The van der Waals surface area contributed by atoms with E-state index < -0.39 is 0 Å². The number of rotatable bonds is 3. The molecule has 3 rings (SSSR count). The monoisotopic (exact) mass is 319 g/mol. The largest absolute Gasteiger partial charge is 0.333 e. The van der Waals surface area contributed by atoms with Crippen molar-refractivity contribution in [2.75, 3.05) is 13.1 Å². The molecule has 0 saturated carbocycles. The number of hydrogen-bond donors (Lipinski definition) is 0. The lowest BCUT2D eigenvalue weighted by Crippen LogP contribution is -2.37. The van der Waals surface area contributed by atoms with Crippen LogP contribution in [0, 0.1) is 0 Å². The predicted molar refractivity (Wildman–Crippen MR) is 76.0 cm³/mol. The molecule has 0 spiro atoms. The number of hydrogen-bond acceptors (Lipinski definition) is 3. The average molecular weight is 320 g/mol. The molecule has 0 fully saturated rings. The van der Waals surface area contributed by atoms with Gasteiger partial charge in [-0.1, -0.05) is 34.1 Å². The molecule has 4 nitrogen and oxygen atoms in total. The minimum Gasteiger partial charge on any atom is -0.333 e. The Bertz CT molecular complexity index is 608. The molecule has 0 aliphatic carbocycles. The highest BCUT2D eigenvalue weighted by atomic mass is 79.9. The second-order valence-corrected chi connectivity index (χ2v) is 5.50. The molecule has 0 N–H and O–H groups in total. The summed E-state index contributed by atoms with van der Waals surface area (Å²) >= 11 is 3.43. The van der Waals surface area contributed by atoms with Gasteiger partial charge in [-0.15, -0.1) is 0 Å². The Labute approximate surface area is 120 Å². The smallest absolute Gasteiger partial charge is 0.177 e. The number of nitrogens with zero attached hydrogens (tertiary/aromatic N) is 3. The lowest BCUT2D eigenvalue weighted by atomic mass is 10.1. The number of benzene rings is 1. The molecule has 19 heavy (non-hydrogen) atoms. The summed E-state index contributed by atoms with van der Waals surface area (Å²) in [4.78, 5) is 18.7. The Morgan fingerprint density at radius 3 is 3.00 bits per heavy atom. The van der Waals surface area contributed by atoms with E-state index in [1.54, 1.807) is 0 Å². The summed E-state index contributed by atoms with van der Waals surface area (Å²) in [5, 5.41) is 0. The molecule has 0 atom stereocenters. The van der Waals surface area contributed by atoms with Crippen LogP contribution < -0.4 is 0 Å². The first kappa shape index (κ1) is 12.6. The quantitative estimate of drug-likeness (QED) is 0.815. The number of carbonyl (C=O) groups excluding carboxylic acids is 1. The first-order chi connectivity index (χ1) is 9.24. The van der Waals surface area contributed by atoms with Crippen LogP contribution in [0.5, 0.6) is 0 Å².